The van der Waals surface area contributed by atoms with Crippen molar-refractivity contribution in [2.75, 3.05) is 20.8 Å². The number of non-ortho nitro benzene ring substituents is 1. The number of benzene rings is 2. The van der Waals surface area contributed by atoms with Crippen LogP contribution >= 0.6 is 11.3 Å². The molecule has 1 aromatic heterocycles. The summed E-state index contributed by atoms with van der Waals surface area (Å²) in [6.07, 6.45) is 1.58. The minimum absolute atomic E-state index is 0.0832. The van der Waals surface area contributed by atoms with Crippen LogP contribution in [0.3, 0.4) is 0 Å². The lowest BCUT2D eigenvalue weighted by Gasteiger charge is -2.25. The van der Waals surface area contributed by atoms with Crippen LogP contribution in [0, 0.1) is 10.1 Å². The van der Waals surface area contributed by atoms with Gasteiger partial charge in [-0.15, -0.1) is 0 Å². The average Bonchev–Trinajstić information content (AvgIpc) is 3.17. The van der Waals surface area contributed by atoms with Crippen LogP contribution in [0.2, 0.25) is 0 Å². The Balaban J connectivity index is 1.96. The molecule has 10 nitrogen and oxygen atoms in total. The first-order valence-corrected chi connectivity index (χ1v) is 11.8. The summed E-state index contributed by atoms with van der Waals surface area (Å²) in [5.41, 5.74) is 1.29. The highest BCUT2D eigenvalue weighted by molar-refractivity contribution is 7.07. The van der Waals surface area contributed by atoms with Gasteiger partial charge in [0.2, 0.25) is 0 Å². The number of nitro groups is 1. The van der Waals surface area contributed by atoms with Gasteiger partial charge in [0.1, 0.15) is 0 Å². The maximum atomic E-state index is 13.6. The molecule has 1 aliphatic heterocycles. The number of thiazole rings is 1. The van der Waals surface area contributed by atoms with E-state index in [0.717, 1.165) is 11.3 Å². The van der Waals surface area contributed by atoms with E-state index in [9.17, 15) is 19.7 Å². The number of esters is 1. The molecule has 36 heavy (non-hydrogen) atoms. The SMILES string of the molecule is CCOC(=O)C1=C(C)N=c2s/c(=C\c3cccc([N+](=O)[O-])c3)c(=O)n2[C@H]1c1ccc(OC)c(OC)c1. The Labute approximate surface area is 209 Å². The molecule has 4 rings (SSSR count). The smallest absolute Gasteiger partial charge is 0.338 e. The van der Waals surface area contributed by atoms with Crippen LogP contribution in [0.4, 0.5) is 5.69 Å². The number of carbonyl (C=O) groups excluding carboxylic acids is 1. The number of allylic oxidation sites excluding steroid dienone is 1. The first kappa shape index (κ1) is 24.9. The monoisotopic (exact) mass is 509 g/mol. The Bertz CT molecular complexity index is 1570. The molecule has 0 aliphatic carbocycles. The zero-order valence-electron chi connectivity index (χ0n) is 20.0. The molecule has 0 saturated carbocycles. The fourth-order valence-electron chi connectivity index (χ4n) is 4.01. The van der Waals surface area contributed by atoms with Crippen molar-refractivity contribution in [1.82, 2.24) is 4.57 Å². The van der Waals surface area contributed by atoms with Gasteiger partial charge in [-0.2, -0.15) is 0 Å². The fraction of sp³-hybridized carbons (Fsp3) is 0.240. The second-order valence-corrected chi connectivity index (χ2v) is 8.78. The van der Waals surface area contributed by atoms with Crippen LogP contribution in [-0.4, -0.2) is 36.3 Å². The zero-order chi connectivity index (χ0) is 26.0. The number of carbonyl (C=O) groups is 1. The van der Waals surface area contributed by atoms with Gasteiger partial charge in [-0.05, 0) is 43.2 Å². The number of hydrogen-bond acceptors (Lipinski definition) is 9. The standard InChI is InChI=1S/C25H23N3O7S/c1-5-35-24(30)21-14(2)26-25-27(22(21)16-9-10-18(33-3)19(13-16)34-4)23(29)20(36-25)12-15-7-6-8-17(11-15)28(31)32/h6-13,22H,5H2,1-4H3/b20-12-/t22-/m0/s1. The summed E-state index contributed by atoms with van der Waals surface area (Å²) in [5, 5.41) is 11.2. The van der Waals surface area contributed by atoms with Crippen LogP contribution < -0.4 is 24.4 Å². The van der Waals surface area contributed by atoms with E-state index in [0.29, 0.717) is 37.7 Å². The molecule has 0 spiro atoms. The molecule has 0 saturated heterocycles. The average molecular weight is 510 g/mol. The van der Waals surface area contributed by atoms with Crippen molar-refractivity contribution >= 4 is 29.1 Å². The van der Waals surface area contributed by atoms with E-state index >= 15 is 0 Å². The molecule has 1 aliphatic rings. The second-order valence-electron chi connectivity index (χ2n) is 7.77. The van der Waals surface area contributed by atoms with Crippen molar-refractivity contribution in [1.29, 1.82) is 0 Å². The van der Waals surface area contributed by atoms with Crippen LogP contribution in [-0.2, 0) is 9.53 Å². The van der Waals surface area contributed by atoms with Crippen molar-refractivity contribution in [2.45, 2.75) is 19.9 Å². The summed E-state index contributed by atoms with van der Waals surface area (Å²) < 4.78 is 17.8. The molecule has 0 bridgehead atoms. The van der Waals surface area contributed by atoms with Crippen LogP contribution in [0.5, 0.6) is 11.5 Å². The first-order valence-electron chi connectivity index (χ1n) is 10.9. The third-order valence-corrected chi connectivity index (χ3v) is 6.60. The number of methoxy groups -OCH3 is 2. The molecule has 1 atom stereocenters. The molecular weight excluding hydrogens is 486 g/mol. The fourth-order valence-corrected chi connectivity index (χ4v) is 5.06. The van der Waals surface area contributed by atoms with Gasteiger partial charge in [-0.1, -0.05) is 29.5 Å². The summed E-state index contributed by atoms with van der Waals surface area (Å²) in [7, 11) is 3.02. The lowest BCUT2D eigenvalue weighted by atomic mass is 9.95. The lowest BCUT2D eigenvalue weighted by molar-refractivity contribution is -0.384. The molecule has 0 unspecified atom stereocenters. The topological polar surface area (TPSA) is 122 Å². The number of rotatable bonds is 7. The highest BCUT2D eigenvalue weighted by Crippen LogP contribution is 2.36. The summed E-state index contributed by atoms with van der Waals surface area (Å²) in [6.45, 7) is 3.55. The van der Waals surface area contributed by atoms with Gasteiger partial charge in [-0.3, -0.25) is 19.5 Å². The quantitative estimate of drug-likeness (QED) is 0.273. The maximum Gasteiger partial charge on any atom is 0.338 e. The second kappa shape index (κ2) is 10.2. The zero-order valence-corrected chi connectivity index (χ0v) is 20.8. The molecule has 2 aromatic carbocycles. The van der Waals surface area contributed by atoms with Gasteiger partial charge in [-0.25, -0.2) is 9.79 Å². The molecular formula is C25H23N3O7S. The van der Waals surface area contributed by atoms with Crippen LogP contribution in [0.25, 0.3) is 6.08 Å². The normalized spacial score (nSPS) is 15.2. The third kappa shape index (κ3) is 4.52. The van der Waals surface area contributed by atoms with Gasteiger partial charge in [0.15, 0.2) is 16.3 Å². The molecule has 11 heteroatoms. The number of aromatic nitrogens is 1. The highest BCUT2D eigenvalue weighted by Gasteiger charge is 2.33. The van der Waals surface area contributed by atoms with E-state index < -0.39 is 16.9 Å². The molecule has 3 aromatic rings. The largest absolute Gasteiger partial charge is 0.493 e. The number of ether oxygens (including phenoxy) is 3. The van der Waals surface area contributed by atoms with Crippen molar-refractivity contribution in [3.8, 4) is 11.5 Å². The summed E-state index contributed by atoms with van der Waals surface area (Å²) in [6, 6.07) is 10.3. The molecule has 186 valence electrons. The first-order chi connectivity index (χ1) is 17.3. The van der Waals surface area contributed by atoms with E-state index in [1.54, 1.807) is 50.3 Å². The van der Waals surface area contributed by atoms with Gasteiger partial charge in [0.25, 0.3) is 11.2 Å². The minimum atomic E-state index is -0.827. The van der Waals surface area contributed by atoms with Crippen molar-refractivity contribution in [2.24, 2.45) is 4.99 Å². The van der Waals surface area contributed by atoms with Crippen LogP contribution in [0.1, 0.15) is 31.0 Å². The summed E-state index contributed by atoms with van der Waals surface area (Å²) in [5.74, 6) is 0.357. The molecule has 2 heterocycles. The Morgan fingerprint density at radius 3 is 2.61 bits per heavy atom. The maximum absolute atomic E-state index is 13.6. The van der Waals surface area contributed by atoms with Crippen LogP contribution in [0.15, 0.2) is 63.5 Å². The number of nitro benzene ring substituents is 1. The Morgan fingerprint density at radius 1 is 1.19 bits per heavy atom. The van der Waals surface area contributed by atoms with Crippen molar-refractivity contribution < 1.29 is 23.9 Å². The van der Waals surface area contributed by atoms with Crippen molar-refractivity contribution in [3.05, 3.63) is 94.7 Å². The highest BCUT2D eigenvalue weighted by atomic mass is 32.1. The lowest BCUT2D eigenvalue weighted by Crippen LogP contribution is -2.39. The predicted octanol–water partition coefficient (Wildman–Crippen LogP) is 2.72. The van der Waals surface area contributed by atoms with E-state index in [4.69, 9.17) is 14.2 Å². The molecule has 0 fully saturated rings. The Kier molecular flexibility index (Phi) is 7.02. The number of nitrogens with zero attached hydrogens (tertiary/aromatic N) is 3. The molecule has 0 radical (unpaired) electrons. The minimum Gasteiger partial charge on any atom is -0.493 e. The van der Waals surface area contributed by atoms with E-state index in [1.807, 2.05) is 0 Å². The van der Waals surface area contributed by atoms with E-state index in [-0.39, 0.29) is 23.4 Å². The van der Waals surface area contributed by atoms with Gasteiger partial charge in [0.05, 0.1) is 47.6 Å². The molecule has 0 amide bonds. The number of hydrogen-bond donors (Lipinski definition) is 0. The van der Waals surface area contributed by atoms with E-state index in [2.05, 4.69) is 4.99 Å². The predicted molar refractivity (Wildman–Crippen MR) is 133 cm³/mol. The molecule has 0 N–H and O–H groups in total. The Morgan fingerprint density at radius 2 is 1.94 bits per heavy atom. The summed E-state index contributed by atoms with van der Waals surface area (Å²) in [4.78, 5) is 42.2. The third-order valence-electron chi connectivity index (χ3n) is 5.62. The van der Waals surface area contributed by atoms with Gasteiger partial charge >= 0.3 is 5.97 Å². The van der Waals surface area contributed by atoms with Gasteiger partial charge in [0, 0.05) is 12.1 Å². The Hall–Kier alpha value is -4.25. The summed E-state index contributed by atoms with van der Waals surface area (Å²) >= 11 is 1.13. The van der Waals surface area contributed by atoms with E-state index in [1.165, 1.54) is 30.9 Å². The van der Waals surface area contributed by atoms with Crippen molar-refractivity contribution in [3.63, 3.8) is 0 Å². The number of fused-ring (bicyclic) bond motifs is 1. The van der Waals surface area contributed by atoms with Gasteiger partial charge < -0.3 is 14.2 Å².